The van der Waals surface area contributed by atoms with Crippen molar-refractivity contribution in [3.8, 4) is 0 Å². The molecule has 2 N–H and O–H groups in total. The van der Waals surface area contributed by atoms with Gasteiger partial charge >= 0.3 is 0 Å². The first kappa shape index (κ1) is 22.1. The number of carbonyl (C=O) groups excluding carboxylic acids is 3. The molecule has 1 saturated heterocycles. The molecule has 3 saturated carbocycles. The van der Waals surface area contributed by atoms with Gasteiger partial charge in [0.05, 0.1) is 17.6 Å². The second-order valence-corrected chi connectivity index (χ2v) is 10.9. The summed E-state index contributed by atoms with van der Waals surface area (Å²) in [7, 11) is 0. The average molecular weight is 448 g/mol. The lowest BCUT2D eigenvalue weighted by Gasteiger charge is -2.62. The van der Waals surface area contributed by atoms with Crippen LogP contribution in [0.15, 0.2) is 23.8 Å². The maximum Gasteiger partial charge on any atom is 0.193 e. The number of carbonyl (C=O) groups is 3. The maximum atomic E-state index is 17.2. The molecule has 32 heavy (non-hydrogen) atoms. The van der Waals surface area contributed by atoms with Crippen LogP contribution in [0.1, 0.15) is 47.0 Å². The van der Waals surface area contributed by atoms with Gasteiger partial charge in [0.1, 0.15) is 6.61 Å². The van der Waals surface area contributed by atoms with Crippen LogP contribution >= 0.6 is 0 Å². The van der Waals surface area contributed by atoms with Crippen molar-refractivity contribution < 1.29 is 38.5 Å². The van der Waals surface area contributed by atoms with Gasteiger partial charge in [-0.1, -0.05) is 13.0 Å². The summed E-state index contributed by atoms with van der Waals surface area (Å²) in [5, 5.41) is 21.1. The van der Waals surface area contributed by atoms with Crippen LogP contribution in [0.2, 0.25) is 0 Å². The topological polar surface area (TPSA) is 110 Å². The SMILES string of the molecule is CC1(C)O[C@@H]2CC3[C@@H]4CC(=O)C5=CC(=O)C=C[C@]5(C)C4(F)[C@@H](O)C[C@]3(C)[C@]2(C(=O)CO)O1. The first-order valence-corrected chi connectivity index (χ1v) is 11.1. The lowest BCUT2D eigenvalue weighted by molar-refractivity contribution is -0.244. The first-order chi connectivity index (χ1) is 14.8. The van der Waals surface area contributed by atoms with Gasteiger partial charge in [0.25, 0.3) is 0 Å². The molecular formula is C24H29FO7. The lowest BCUT2D eigenvalue weighted by Crippen LogP contribution is -2.70. The quantitative estimate of drug-likeness (QED) is 0.660. The number of hydrogen-bond donors (Lipinski definition) is 2. The molecule has 0 bridgehead atoms. The molecule has 0 aromatic heterocycles. The predicted octanol–water partition coefficient (Wildman–Crippen LogP) is 1.60. The Kier molecular flexibility index (Phi) is 4.29. The van der Waals surface area contributed by atoms with Crippen molar-refractivity contribution in [2.75, 3.05) is 6.61 Å². The Morgan fingerprint density at radius 1 is 1.22 bits per heavy atom. The van der Waals surface area contributed by atoms with E-state index in [1.807, 2.05) is 0 Å². The van der Waals surface area contributed by atoms with Crippen LogP contribution in [0.25, 0.3) is 0 Å². The highest BCUT2D eigenvalue weighted by Crippen LogP contribution is 2.71. The Bertz CT molecular complexity index is 1000. The van der Waals surface area contributed by atoms with Crippen LogP contribution in [0, 0.1) is 22.7 Å². The normalized spacial score (nSPS) is 50.9. The van der Waals surface area contributed by atoms with E-state index in [0.717, 1.165) is 0 Å². The van der Waals surface area contributed by atoms with Gasteiger partial charge in [-0.2, -0.15) is 0 Å². The largest absolute Gasteiger partial charge is 0.390 e. The van der Waals surface area contributed by atoms with Crippen molar-refractivity contribution >= 4 is 17.3 Å². The van der Waals surface area contributed by atoms with Crippen LogP contribution < -0.4 is 0 Å². The average Bonchev–Trinajstić information content (AvgIpc) is 3.11. The van der Waals surface area contributed by atoms with E-state index in [0.29, 0.717) is 0 Å². The smallest absolute Gasteiger partial charge is 0.193 e. The summed E-state index contributed by atoms with van der Waals surface area (Å²) in [5.41, 5.74) is -6.20. The fourth-order valence-electron chi connectivity index (χ4n) is 7.76. The van der Waals surface area contributed by atoms with Gasteiger partial charge in [-0.15, -0.1) is 0 Å². The van der Waals surface area contributed by atoms with Crippen LogP contribution in [-0.2, 0) is 23.9 Å². The first-order valence-electron chi connectivity index (χ1n) is 11.1. The summed E-state index contributed by atoms with van der Waals surface area (Å²) in [6, 6.07) is 0. The Morgan fingerprint density at radius 3 is 2.56 bits per heavy atom. The van der Waals surface area contributed by atoms with Crippen molar-refractivity contribution in [2.24, 2.45) is 22.7 Å². The highest BCUT2D eigenvalue weighted by atomic mass is 19.1. The molecule has 0 amide bonds. The molecule has 5 rings (SSSR count). The number of aliphatic hydroxyl groups is 2. The van der Waals surface area contributed by atoms with Crippen molar-refractivity contribution in [1.82, 2.24) is 0 Å². The number of alkyl halides is 1. The van der Waals surface area contributed by atoms with Gasteiger partial charge in [0.15, 0.2) is 34.4 Å². The van der Waals surface area contributed by atoms with Crippen molar-refractivity contribution in [2.45, 2.75) is 76.2 Å². The summed E-state index contributed by atoms with van der Waals surface area (Å²) in [6.07, 6.45) is 1.54. The molecule has 0 spiro atoms. The highest BCUT2D eigenvalue weighted by Gasteiger charge is 2.80. The number of aliphatic hydroxyl groups excluding tert-OH is 2. The molecular weight excluding hydrogens is 419 g/mol. The highest BCUT2D eigenvalue weighted by molar-refractivity contribution is 6.10. The minimum Gasteiger partial charge on any atom is -0.390 e. The monoisotopic (exact) mass is 448 g/mol. The minimum atomic E-state index is -2.22. The van der Waals surface area contributed by atoms with Crippen molar-refractivity contribution in [3.05, 3.63) is 23.8 Å². The minimum absolute atomic E-state index is 0.0828. The number of rotatable bonds is 2. The van der Waals surface area contributed by atoms with E-state index in [-0.39, 0.29) is 36.4 Å². The second kappa shape index (κ2) is 6.23. The number of Topliss-reactive ketones (excluding diaryl/α,β-unsaturated/α-hetero) is 2. The lowest BCUT2D eigenvalue weighted by atomic mass is 9.44. The Hall–Kier alpha value is -1.74. The van der Waals surface area contributed by atoms with E-state index in [9.17, 15) is 24.6 Å². The van der Waals surface area contributed by atoms with Crippen LogP contribution in [-0.4, -0.2) is 63.4 Å². The zero-order valence-corrected chi connectivity index (χ0v) is 18.7. The molecule has 4 fully saturated rings. The molecule has 0 aromatic rings. The van der Waals surface area contributed by atoms with E-state index >= 15 is 4.39 Å². The van der Waals surface area contributed by atoms with E-state index in [4.69, 9.17) is 9.47 Å². The summed E-state index contributed by atoms with van der Waals surface area (Å²) in [5.74, 6) is -3.78. The van der Waals surface area contributed by atoms with Crippen molar-refractivity contribution in [3.63, 3.8) is 0 Å². The molecule has 5 aliphatic rings. The molecule has 2 unspecified atom stereocenters. The number of ether oxygens (including phenoxy) is 2. The third-order valence-electron chi connectivity index (χ3n) is 9.04. The number of allylic oxidation sites excluding steroid dienone is 4. The summed E-state index contributed by atoms with van der Waals surface area (Å²) in [4.78, 5) is 38.2. The fraction of sp³-hybridized carbons (Fsp3) is 0.708. The molecule has 1 heterocycles. The van der Waals surface area contributed by atoms with E-state index in [1.54, 1.807) is 27.7 Å². The van der Waals surface area contributed by atoms with Gasteiger partial charge in [0, 0.05) is 23.3 Å². The third kappa shape index (κ3) is 2.27. The van der Waals surface area contributed by atoms with Crippen LogP contribution in [0.3, 0.4) is 0 Å². The van der Waals surface area contributed by atoms with Gasteiger partial charge in [0.2, 0.25) is 0 Å². The molecule has 0 aromatic carbocycles. The second-order valence-electron chi connectivity index (χ2n) is 10.9. The standard InChI is InChI=1S/C24H29FO7/c1-20(2)31-19-9-13-14-8-16(28)15-7-12(27)5-6-21(15,3)23(14,25)17(29)10-22(13,4)24(19,32-20)18(30)11-26/h5-7,13-14,17,19,26,29H,8-11H2,1-4H3/t13?,14-,17-,19+,21-,22-,23?,24+/m0/s1. The Labute approximate surface area is 185 Å². The van der Waals surface area contributed by atoms with E-state index < -0.39 is 64.3 Å². The summed E-state index contributed by atoms with van der Waals surface area (Å²) in [6.45, 7) is 5.92. The fourth-order valence-corrected chi connectivity index (χ4v) is 7.76. The van der Waals surface area contributed by atoms with Gasteiger partial charge < -0.3 is 19.7 Å². The van der Waals surface area contributed by atoms with Crippen LogP contribution in [0.4, 0.5) is 4.39 Å². The molecule has 8 atom stereocenters. The maximum absolute atomic E-state index is 17.2. The zero-order valence-electron chi connectivity index (χ0n) is 18.7. The third-order valence-corrected chi connectivity index (χ3v) is 9.04. The van der Waals surface area contributed by atoms with E-state index in [2.05, 4.69) is 0 Å². The molecule has 1 aliphatic heterocycles. The molecule has 174 valence electrons. The Balaban J connectivity index is 1.67. The van der Waals surface area contributed by atoms with Crippen molar-refractivity contribution in [1.29, 1.82) is 0 Å². The molecule has 0 radical (unpaired) electrons. The summed E-state index contributed by atoms with van der Waals surface area (Å²) >= 11 is 0. The van der Waals surface area contributed by atoms with E-state index in [1.165, 1.54) is 18.2 Å². The number of fused-ring (bicyclic) bond motifs is 7. The van der Waals surface area contributed by atoms with Gasteiger partial charge in [-0.25, -0.2) is 4.39 Å². The molecule has 7 nitrogen and oxygen atoms in total. The Morgan fingerprint density at radius 2 is 1.91 bits per heavy atom. The summed E-state index contributed by atoms with van der Waals surface area (Å²) < 4.78 is 29.4. The van der Waals surface area contributed by atoms with Gasteiger partial charge in [-0.05, 0) is 51.7 Å². The number of hydrogen-bond acceptors (Lipinski definition) is 7. The van der Waals surface area contributed by atoms with Gasteiger partial charge in [-0.3, -0.25) is 14.4 Å². The molecule has 4 aliphatic carbocycles. The number of halogens is 1. The number of ketones is 3. The van der Waals surface area contributed by atoms with Crippen LogP contribution in [0.5, 0.6) is 0 Å². The molecule has 8 heteroatoms. The zero-order chi connectivity index (χ0) is 23.5. The predicted molar refractivity (Wildman–Crippen MR) is 109 cm³/mol.